The van der Waals surface area contributed by atoms with Crippen molar-refractivity contribution < 1.29 is 63.0 Å². The zero-order valence-electron chi connectivity index (χ0n) is 28.4. The van der Waals surface area contributed by atoms with E-state index < -0.39 is 53.3 Å². The average molecular weight is 711 g/mol. The molecule has 2 fully saturated rings. The maximum absolute atomic E-state index is 13.5. The van der Waals surface area contributed by atoms with Crippen LogP contribution in [0.3, 0.4) is 0 Å². The van der Waals surface area contributed by atoms with E-state index in [1.54, 1.807) is 12.1 Å². The number of hydrogen-bond donors (Lipinski definition) is 4. The van der Waals surface area contributed by atoms with Crippen LogP contribution in [0.2, 0.25) is 0 Å². The lowest BCUT2D eigenvalue weighted by atomic mass is 9.64. The molecule has 15 heteroatoms. The van der Waals surface area contributed by atoms with Gasteiger partial charge in [-0.25, -0.2) is 0 Å². The third kappa shape index (κ3) is 7.81. The van der Waals surface area contributed by atoms with E-state index in [1.807, 2.05) is 0 Å². The average Bonchev–Trinajstić information content (AvgIpc) is 3.47. The molecule has 0 spiro atoms. The van der Waals surface area contributed by atoms with Gasteiger partial charge >= 0.3 is 0 Å². The van der Waals surface area contributed by atoms with Crippen molar-refractivity contribution in [1.82, 2.24) is 10.2 Å². The van der Waals surface area contributed by atoms with Gasteiger partial charge < -0.3 is 39.6 Å². The predicted molar refractivity (Wildman–Crippen MR) is 177 cm³/mol. The Balaban J connectivity index is 0.00000248. The number of aliphatic hydroxyl groups is 3. The van der Waals surface area contributed by atoms with Crippen molar-refractivity contribution in [3.05, 3.63) is 64.1 Å². The fourth-order valence-corrected chi connectivity index (χ4v) is 7.18. The van der Waals surface area contributed by atoms with Crippen molar-refractivity contribution in [2.75, 3.05) is 47.1 Å². The smallest absolute Gasteiger partial charge is 0.253 e. The summed E-state index contributed by atoms with van der Waals surface area (Å²) in [7, 11) is 2.39. The van der Waals surface area contributed by atoms with Crippen LogP contribution in [0.4, 0.5) is 0 Å². The first kappa shape index (κ1) is 37.6. The highest BCUT2D eigenvalue weighted by Gasteiger charge is 2.52. The molecule has 1 saturated carbocycles. The van der Waals surface area contributed by atoms with Crippen molar-refractivity contribution >= 4 is 35.1 Å². The maximum Gasteiger partial charge on any atom is 0.253 e. The molecule has 274 valence electrons. The van der Waals surface area contributed by atoms with Gasteiger partial charge in [0.05, 0.1) is 37.2 Å². The molecular weight excluding hydrogens is 668 g/mol. The van der Waals surface area contributed by atoms with Gasteiger partial charge in [-0.2, -0.15) is 0 Å². The number of nitrogens with zero attached hydrogens (tertiary/aromatic N) is 1. The number of carbonyl (C=O) groups is 6. The minimum absolute atomic E-state index is 0.0620. The molecule has 51 heavy (non-hydrogen) atoms. The lowest BCUT2D eigenvalue weighted by Gasteiger charge is -2.38. The Labute approximate surface area is 293 Å². The monoisotopic (exact) mass is 710 g/mol. The molecule has 15 nitrogen and oxygen atoms in total. The predicted octanol–water partition coefficient (Wildman–Crippen LogP) is 1.89. The molecular formula is C36H42N2O13. The molecule has 2 aliphatic heterocycles. The molecule has 0 aromatic heterocycles. The number of rotatable bonds is 12. The highest BCUT2D eigenvalue weighted by Crippen LogP contribution is 2.50. The van der Waals surface area contributed by atoms with Crippen molar-refractivity contribution in [3.63, 3.8) is 0 Å². The van der Waals surface area contributed by atoms with Crippen LogP contribution in [-0.2, 0) is 33.4 Å². The molecule has 5 atom stereocenters. The van der Waals surface area contributed by atoms with E-state index in [9.17, 15) is 39.0 Å². The second-order valence-electron chi connectivity index (χ2n) is 12.7. The topological polar surface area (TPSA) is 215 Å². The van der Waals surface area contributed by atoms with Gasteiger partial charge in [-0.3, -0.25) is 33.7 Å². The maximum atomic E-state index is 13.5. The van der Waals surface area contributed by atoms with Crippen LogP contribution in [-0.4, -0.2) is 115 Å². The molecule has 0 radical (unpaired) electrons. The van der Waals surface area contributed by atoms with E-state index >= 15 is 0 Å². The minimum Gasteiger partial charge on any atom is -0.511 e. The van der Waals surface area contributed by atoms with E-state index in [-0.39, 0.29) is 86.0 Å². The van der Waals surface area contributed by atoms with Crippen LogP contribution < -0.4 is 10.1 Å². The number of benzene rings is 1. The molecule has 1 saturated heterocycles. The van der Waals surface area contributed by atoms with Crippen molar-refractivity contribution in [2.24, 2.45) is 17.8 Å². The van der Waals surface area contributed by atoms with Crippen molar-refractivity contribution in [3.8, 4) is 5.75 Å². The zero-order valence-corrected chi connectivity index (χ0v) is 28.4. The summed E-state index contributed by atoms with van der Waals surface area (Å²) in [4.78, 5) is 76.6. The van der Waals surface area contributed by atoms with E-state index in [4.69, 9.17) is 24.1 Å². The number of ketones is 3. The van der Waals surface area contributed by atoms with Gasteiger partial charge in [0.2, 0.25) is 5.91 Å². The molecule has 6 rings (SSSR count). The number of carbonyl (C=O) groups excluding carboxylic acids is 6. The van der Waals surface area contributed by atoms with E-state index in [1.165, 1.54) is 25.3 Å². The lowest BCUT2D eigenvalue weighted by molar-refractivity contribution is -0.205. The molecule has 5 aliphatic rings. The second kappa shape index (κ2) is 16.5. The van der Waals surface area contributed by atoms with Gasteiger partial charge in [0, 0.05) is 43.8 Å². The molecule has 4 N–H and O–H groups in total. The van der Waals surface area contributed by atoms with Crippen molar-refractivity contribution in [2.45, 2.75) is 50.9 Å². The highest BCUT2D eigenvalue weighted by molar-refractivity contribution is 6.19. The van der Waals surface area contributed by atoms with Crippen molar-refractivity contribution in [1.29, 1.82) is 0 Å². The summed E-state index contributed by atoms with van der Waals surface area (Å²) < 4.78 is 22.6. The number of allylic oxidation sites excluding steroid dienone is 4. The fourth-order valence-electron chi connectivity index (χ4n) is 7.18. The molecule has 3 amide bonds. The summed E-state index contributed by atoms with van der Waals surface area (Å²) >= 11 is 0. The third-order valence-electron chi connectivity index (χ3n) is 9.69. The van der Waals surface area contributed by atoms with Gasteiger partial charge in [-0.05, 0) is 55.7 Å². The molecule has 2 heterocycles. The summed E-state index contributed by atoms with van der Waals surface area (Å²) in [5, 5.41) is 32.2. The number of amides is 3. The SMILES string of the molecule is CO.COc1cccc2c1C(=O)C1C(O)=C3CCC(C(=O)COC4CCCC(COCC(=O)NCCN5C(=O)C=CC5=O)O4)CC3=C(O)C1C2=O. The summed E-state index contributed by atoms with van der Waals surface area (Å²) in [5.41, 5.74) is 0.921. The van der Waals surface area contributed by atoms with Crippen LogP contribution in [0.1, 0.15) is 59.2 Å². The Morgan fingerprint density at radius 3 is 2.37 bits per heavy atom. The van der Waals surface area contributed by atoms with Gasteiger partial charge in [0.1, 0.15) is 30.5 Å². The number of Topliss-reactive ketones (excluding diaryl/α,β-unsaturated/α-hetero) is 3. The Morgan fingerprint density at radius 2 is 1.65 bits per heavy atom. The summed E-state index contributed by atoms with van der Waals surface area (Å²) in [6.07, 6.45) is 4.05. The largest absolute Gasteiger partial charge is 0.511 e. The number of ether oxygens (including phenoxy) is 4. The van der Waals surface area contributed by atoms with E-state index in [2.05, 4.69) is 5.32 Å². The number of nitrogens with one attached hydrogen (secondary N) is 1. The van der Waals surface area contributed by atoms with Gasteiger partial charge in [-0.1, -0.05) is 12.1 Å². The van der Waals surface area contributed by atoms with Gasteiger partial charge in [0.15, 0.2) is 23.6 Å². The first-order chi connectivity index (χ1) is 24.6. The first-order valence-electron chi connectivity index (χ1n) is 16.8. The van der Waals surface area contributed by atoms with Gasteiger partial charge in [-0.15, -0.1) is 0 Å². The zero-order chi connectivity index (χ0) is 36.8. The van der Waals surface area contributed by atoms with Crippen LogP contribution in [0.25, 0.3) is 0 Å². The highest BCUT2D eigenvalue weighted by atomic mass is 16.7. The fraction of sp³-hybridized carbons (Fsp3) is 0.500. The Morgan fingerprint density at radius 1 is 0.941 bits per heavy atom. The van der Waals surface area contributed by atoms with E-state index in [0.29, 0.717) is 30.4 Å². The standard InChI is InChI=1S/C35H38N2O12.CH4O/c1-46-24-6-3-5-21-29(24)35(45)31-30(33(21)43)34(44)22-14-18(8-9-20(22)32(31)42)23(38)16-48-28-7-2-4-19(49-28)15-47-17-25(39)36-12-13-37-26(40)10-11-27(37)41;1-2/h3,5-6,10-11,18-19,28,30-31,42,44H,2,4,7-9,12-17H2,1H3,(H,36,39);2H,1H3. The van der Waals surface area contributed by atoms with Crippen LogP contribution in [0, 0.1) is 17.8 Å². The first-order valence-corrected chi connectivity index (χ1v) is 16.8. The normalized spacial score (nSPS) is 25.5. The number of hydrogen-bond acceptors (Lipinski definition) is 13. The number of imide groups is 1. The van der Waals surface area contributed by atoms with Gasteiger partial charge in [0.25, 0.3) is 11.8 Å². The Bertz CT molecular complexity index is 1660. The van der Waals surface area contributed by atoms with Crippen LogP contribution in [0.5, 0.6) is 5.75 Å². The van der Waals surface area contributed by atoms with Crippen LogP contribution >= 0.6 is 0 Å². The lowest BCUT2D eigenvalue weighted by Crippen LogP contribution is -2.43. The molecule has 5 unspecified atom stereocenters. The minimum atomic E-state index is -1.28. The summed E-state index contributed by atoms with van der Waals surface area (Å²) in [6.45, 7) is -0.179. The number of aliphatic hydroxyl groups excluding tert-OH is 3. The summed E-state index contributed by atoms with van der Waals surface area (Å²) in [5.74, 6) is -5.83. The number of methoxy groups -OCH3 is 1. The molecule has 1 aromatic rings. The number of fused-ring (bicyclic) bond motifs is 3. The summed E-state index contributed by atoms with van der Waals surface area (Å²) in [6, 6.07) is 4.66. The Kier molecular flexibility index (Phi) is 12.2. The quantitative estimate of drug-likeness (QED) is 0.228. The molecule has 1 aromatic carbocycles. The second-order valence-corrected chi connectivity index (χ2v) is 12.7. The molecule has 0 bridgehead atoms. The molecule has 3 aliphatic carbocycles. The van der Waals surface area contributed by atoms with Crippen LogP contribution in [0.15, 0.2) is 53.0 Å². The Hall–Kier alpha value is -4.70. The third-order valence-corrected chi connectivity index (χ3v) is 9.69. The van der Waals surface area contributed by atoms with E-state index in [0.717, 1.165) is 18.4 Å².